The molecule has 4 nitrogen and oxygen atoms in total. The molecule has 1 saturated heterocycles. The third kappa shape index (κ3) is 3.56. The molecule has 0 saturated carbocycles. The summed E-state index contributed by atoms with van der Waals surface area (Å²) in [7, 11) is 0. The van der Waals surface area contributed by atoms with E-state index in [1.807, 2.05) is 4.90 Å². The molecule has 19 heavy (non-hydrogen) atoms. The maximum Gasteiger partial charge on any atom is 0.435 e. The van der Waals surface area contributed by atoms with Crippen LogP contribution < -0.4 is 4.90 Å². The second kappa shape index (κ2) is 5.73. The Kier molecular flexibility index (Phi) is 4.24. The molecule has 0 atom stereocenters. The first kappa shape index (κ1) is 14.0. The molecule has 0 unspecified atom stereocenters. The maximum atomic E-state index is 12.4. The number of piperazine rings is 1. The van der Waals surface area contributed by atoms with Crippen LogP contribution in [0.2, 0.25) is 0 Å². The molecule has 0 bridgehead atoms. The molecule has 1 aromatic rings. The van der Waals surface area contributed by atoms with Gasteiger partial charge in [-0.15, -0.1) is 10.2 Å². The van der Waals surface area contributed by atoms with Crippen LogP contribution in [0.3, 0.4) is 0 Å². The first-order valence-corrected chi connectivity index (χ1v) is 6.39. The normalized spacial score (nSPS) is 17.8. The number of alkyl halides is 3. The number of anilines is 1. The van der Waals surface area contributed by atoms with Crippen LogP contribution in [0.1, 0.15) is 19.0 Å². The van der Waals surface area contributed by atoms with E-state index in [-0.39, 0.29) is 0 Å². The van der Waals surface area contributed by atoms with Gasteiger partial charge in [0, 0.05) is 26.2 Å². The van der Waals surface area contributed by atoms with Crippen molar-refractivity contribution in [3.8, 4) is 0 Å². The van der Waals surface area contributed by atoms with Crippen LogP contribution in [-0.4, -0.2) is 47.8 Å². The first-order valence-electron chi connectivity index (χ1n) is 6.39. The van der Waals surface area contributed by atoms with Crippen LogP contribution in [-0.2, 0) is 6.18 Å². The van der Waals surface area contributed by atoms with Gasteiger partial charge in [0.1, 0.15) is 0 Å². The van der Waals surface area contributed by atoms with Crippen molar-refractivity contribution in [1.82, 2.24) is 15.1 Å². The van der Waals surface area contributed by atoms with Gasteiger partial charge in [0.25, 0.3) is 0 Å². The Morgan fingerprint density at radius 1 is 1.11 bits per heavy atom. The van der Waals surface area contributed by atoms with E-state index in [0.29, 0.717) is 5.82 Å². The van der Waals surface area contributed by atoms with Gasteiger partial charge in [-0.25, -0.2) is 0 Å². The van der Waals surface area contributed by atoms with Gasteiger partial charge in [-0.3, -0.25) is 4.90 Å². The van der Waals surface area contributed by atoms with Gasteiger partial charge in [0.2, 0.25) is 0 Å². The molecule has 2 heterocycles. The highest BCUT2D eigenvalue weighted by Crippen LogP contribution is 2.27. The van der Waals surface area contributed by atoms with Gasteiger partial charge < -0.3 is 4.90 Å². The SMILES string of the molecule is CCCN1CCN(c2ccc(C(F)(F)F)nn2)CC1. The van der Waals surface area contributed by atoms with Crippen LogP contribution in [0.5, 0.6) is 0 Å². The molecule has 7 heteroatoms. The average molecular weight is 274 g/mol. The van der Waals surface area contributed by atoms with Crippen molar-refractivity contribution in [2.75, 3.05) is 37.6 Å². The zero-order chi connectivity index (χ0) is 13.9. The number of hydrogen-bond acceptors (Lipinski definition) is 4. The molecule has 0 spiro atoms. The van der Waals surface area contributed by atoms with Crippen LogP contribution in [0.25, 0.3) is 0 Å². The molecular formula is C12H17F3N4. The van der Waals surface area contributed by atoms with Crippen molar-refractivity contribution in [3.05, 3.63) is 17.8 Å². The van der Waals surface area contributed by atoms with E-state index >= 15 is 0 Å². The summed E-state index contributed by atoms with van der Waals surface area (Å²) in [5.74, 6) is 0.518. The molecule has 0 aliphatic carbocycles. The summed E-state index contributed by atoms with van der Waals surface area (Å²) in [5, 5.41) is 6.93. The Hall–Kier alpha value is -1.37. The molecule has 0 aromatic carbocycles. The third-order valence-corrected chi connectivity index (χ3v) is 3.18. The summed E-state index contributed by atoms with van der Waals surface area (Å²) in [6.45, 7) is 6.58. The summed E-state index contributed by atoms with van der Waals surface area (Å²) >= 11 is 0. The summed E-state index contributed by atoms with van der Waals surface area (Å²) in [6, 6.07) is 2.38. The topological polar surface area (TPSA) is 32.3 Å². The molecule has 1 fully saturated rings. The molecule has 0 N–H and O–H groups in total. The quantitative estimate of drug-likeness (QED) is 0.844. The van der Waals surface area contributed by atoms with Crippen LogP contribution >= 0.6 is 0 Å². The van der Waals surface area contributed by atoms with Crippen molar-refractivity contribution in [2.45, 2.75) is 19.5 Å². The van der Waals surface area contributed by atoms with Crippen LogP contribution in [0, 0.1) is 0 Å². The van der Waals surface area contributed by atoms with E-state index in [1.54, 1.807) is 0 Å². The number of halogens is 3. The summed E-state index contributed by atoms with van der Waals surface area (Å²) < 4.78 is 37.1. The average Bonchev–Trinajstić information content (AvgIpc) is 2.39. The third-order valence-electron chi connectivity index (χ3n) is 3.18. The van der Waals surface area contributed by atoms with Gasteiger partial charge >= 0.3 is 6.18 Å². The fourth-order valence-corrected chi connectivity index (χ4v) is 2.16. The predicted octanol–water partition coefficient (Wildman–Crippen LogP) is 2.03. The number of hydrogen-bond donors (Lipinski definition) is 0. The van der Waals surface area contributed by atoms with Crippen molar-refractivity contribution < 1.29 is 13.2 Å². The fraction of sp³-hybridized carbons (Fsp3) is 0.667. The highest BCUT2D eigenvalue weighted by atomic mass is 19.4. The zero-order valence-electron chi connectivity index (χ0n) is 10.8. The van der Waals surface area contributed by atoms with Crippen molar-refractivity contribution in [3.63, 3.8) is 0 Å². The van der Waals surface area contributed by atoms with Gasteiger partial charge in [0.05, 0.1) is 0 Å². The predicted molar refractivity (Wildman–Crippen MR) is 66.0 cm³/mol. The van der Waals surface area contributed by atoms with E-state index in [1.165, 1.54) is 6.07 Å². The fourth-order valence-electron chi connectivity index (χ4n) is 2.16. The summed E-state index contributed by atoms with van der Waals surface area (Å²) in [6.07, 6.45) is -3.31. The molecule has 0 amide bonds. The van der Waals surface area contributed by atoms with Crippen molar-refractivity contribution in [2.24, 2.45) is 0 Å². The molecular weight excluding hydrogens is 257 g/mol. The van der Waals surface area contributed by atoms with Gasteiger partial charge in [-0.1, -0.05) is 6.92 Å². The van der Waals surface area contributed by atoms with Gasteiger partial charge in [0.15, 0.2) is 11.5 Å². The van der Waals surface area contributed by atoms with E-state index in [0.717, 1.165) is 45.2 Å². The second-order valence-electron chi connectivity index (χ2n) is 4.60. The second-order valence-corrected chi connectivity index (χ2v) is 4.60. The summed E-state index contributed by atoms with van der Waals surface area (Å²) in [5.41, 5.74) is -0.944. The molecule has 106 valence electrons. The lowest BCUT2D eigenvalue weighted by Crippen LogP contribution is -2.46. The van der Waals surface area contributed by atoms with Crippen LogP contribution in [0.15, 0.2) is 12.1 Å². The standard InChI is InChI=1S/C12H17F3N4/c1-2-5-18-6-8-19(9-7-18)11-4-3-10(16-17-11)12(13,14)15/h3-4H,2,5-9H2,1H3. The molecule has 1 aromatic heterocycles. The summed E-state index contributed by atoms with van der Waals surface area (Å²) in [4.78, 5) is 4.31. The lowest BCUT2D eigenvalue weighted by molar-refractivity contribution is -0.141. The first-order chi connectivity index (χ1) is 9.00. The number of nitrogens with zero attached hydrogens (tertiary/aromatic N) is 4. The van der Waals surface area contributed by atoms with E-state index < -0.39 is 11.9 Å². The van der Waals surface area contributed by atoms with Crippen molar-refractivity contribution in [1.29, 1.82) is 0 Å². The smallest absolute Gasteiger partial charge is 0.353 e. The van der Waals surface area contributed by atoms with E-state index in [9.17, 15) is 13.2 Å². The Labute approximate surface area is 110 Å². The maximum absolute atomic E-state index is 12.4. The molecule has 1 aliphatic rings. The Morgan fingerprint density at radius 2 is 1.79 bits per heavy atom. The minimum absolute atomic E-state index is 0.518. The minimum Gasteiger partial charge on any atom is -0.353 e. The number of rotatable bonds is 3. The van der Waals surface area contributed by atoms with Gasteiger partial charge in [-0.05, 0) is 25.1 Å². The highest BCUT2D eigenvalue weighted by Gasteiger charge is 2.33. The Balaban J connectivity index is 1.97. The van der Waals surface area contributed by atoms with Gasteiger partial charge in [-0.2, -0.15) is 13.2 Å². The lowest BCUT2D eigenvalue weighted by Gasteiger charge is -2.34. The largest absolute Gasteiger partial charge is 0.435 e. The molecule has 2 rings (SSSR count). The minimum atomic E-state index is -4.43. The zero-order valence-corrected chi connectivity index (χ0v) is 10.8. The molecule has 1 aliphatic heterocycles. The Bertz CT molecular complexity index is 396. The lowest BCUT2D eigenvalue weighted by atomic mass is 10.3. The monoisotopic (exact) mass is 274 g/mol. The molecule has 0 radical (unpaired) electrons. The van der Waals surface area contributed by atoms with E-state index in [2.05, 4.69) is 22.0 Å². The van der Waals surface area contributed by atoms with Crippen LogP contribution in [0.4, 0.5) is 19.0 Å². The van der Waals surface area contributed by atoms with E-state index in [4.69, 9.17) is 0 Å². The Morgan fingerprint density at radius 3 is 2.26 bits per heavy atom. The highest BCUT2D eigenvalue weighted by molar-refractivity contribution is 5.38. The van der Waals surface area contributed by atoms with Crippen molar-refractivity contribution >= 4 is 5.82 Å². The number of aromatic nitrogens is 2.